The monoisotopic (exact) mass is 276 g/mol. The van der Waals surface area contributed by atoms with E-state index in [1.807, 2.05) is 32.9 Å². The number of carbonyl (C=O) groups is 1. The number of nitrogens with one attached hydrogen (secondary N) is 1. The summed E-state index contributed by atoms with van der Waals surface area (Å²) in [6.07, 6.45) is 0. The maximum atomic E-state index is 11.7. The van der Waals surface area contributed by atoms with Crippen molar-refractivity contribution in [3.05, 3.63) is 28.8 Å². The molecule has 3 nitrogen and oxygen atoms in total. The number of benzene rings is 1. The summed E-state index contributed by atoms with van der Waals surface area (Å²) in [6, 6.07) is 4.90. The highest BCUT2D eigenvalue weighted by Crippen LogP contribution is 2.20. The lowest BCUT2D eigenvalue weighted by Gasteiger charge is -2.15. The fourth-order valence-electron chi connectivity index (χ4n) is 1.20. The first kappa shape index (κ1) is 16.2. The van der Waals surface area contributed by atoms with Gasteiger partial charge in [0.05, 0.1) is 6.04 Å². The average Bonchev–Trinajstić information content (AvgIpc) is 2.22. The summed E-state index contributed by atoms with van der Waals surface area (Å²) in [7, 11) is 0. The first-order chi connectivity index (χ1) is 7.41. The van der Waals surface area contributed by atoms with Gasteiger partial charge in [0.25, 0.3) is 0 Å². The van der Waals surface area contributed by atoms with E-state index in [4.69, 9.17) is 17.3 Å². The summed E-state index contributed by atoms with van der Waals surface area (Å²) < 4.78 is 0. The van der Waals surface area contributed by atoms with Gasteiger partial charge in [-0.25, -0.2) is 0 Å². The second kappa shape index (κ2) is 6.84. The Bertz CT molecular complexity index is 394. The zero-order valence-electron chi connectivity index (χ0n) is 10.2. The van der Waals surface area contributed by atoms with Crippen molar-refractivity contribution in [1.82, 2.24) is 0 Å². The molecule has 0 heterocycles. The van der Waals surface area contributed by atoms with Crippen LogP contribution in [0.5, 0.6) is 0 Å². The Morgan fingerprint density at radius 3 is 2.47 bits per heavy atom. The molecule has 3 N–H and O–H groups in total. The number of nitrogens with two attached hydrogens (primary N) is 1. The minimum Gasteiger partial charge on any atom is -0.325 e. The first-order valence-electron chi connectivity index (χ1n) is 5.24. The van der Waals surface area contributed by atoms with Gasteiger partial charge in [-0.15, -0.1) is 12.4 Å². The lowest BCUT2D eigenvalue weighted by atomic mass is 10.0. The molecular weight excluding hydrogens is 259 g/mol. The fraction of sp³-hybridized carbons (Fsp3) is 0.417. The van der Waals surface area contributed by atoms with Crippen LogP contribution in [0.3, 0.4) is 0 Å². The van der Waals surface area contributed by atoms with Crippen LogP contribution in [-0.4, -0.2) is 11.9 Å². The number of anilines is 1. The maximum absolute atomic E-state index is 11.7. The van der Waals surface area contributed by atoms with Crippen molar-refractivity contribution in [2.24, 2.45) is 11.7 Å². The molecule has 1 rings (SSSR count). The molecule has 0 aliphatic carbocycles. The predicted molar refractivity (Wildman–Crippen MR) is 74.9 cm³/mol. The Kier molecular flexibility index (Phi) is 6.53. The maximum Gasteiger partial charge on any atom is 0.241 e. The van der Waals surface area contributed by atoms with Crippen LogP contribution in [-0.2, 0) is 4.79 Å². The molecule has 0 aromatic heterocycles. The number of aryl methyl sites for hydroxylation is 1. The van der Waals surface area contributed by atoms with Crippen LogP contribution in [0, 0.1) is 12.8 Å². The highest BCUT2D eigenvalue weighted by Gasteiger charge is 2.17. The Hall–Kier alpha value is -0.770. The number of rotatable bonds is 3. The second-order valence-corrected chi connectivity index (χ2v) is 4.63. The molecule has 1 unspecified atom stereocenters. The van der Waals surface area contributed by atoms with E-state index in [-0.39, 0.29) is 24.2 Å². The number of hydrogen-bond donors (Lipinski definition) is 2. The molecule has 0 bridgehead atoms. The van der Waals surface area contributed by atoms with Gasteiger partial charge in [0, 0.05) is 10.7 Å². The van der Waals surface area contributed by atoms with Crippen LogP contribution < -0.4 is 11.1 Å². The van der Waals surface area contributed by atoms with Crippen molar-refractivity contribution in [3.63, 3.8) is 0 Å². The van der Waals surface area contributed by atoms with E-state index in [1.165, 1.54) is 0 Å². The van der Waals surface area contributed by atoms with Gasteiger partial charge in [0.15, 0.2) is 0 Å². The van der Waals surface area contributed by atoms with Crippen molar-refractivity contribution < 1.29 is 4.79 Å². The molecule has 1 atom stereocenters. The van der Waals surface area contributed by atoms with Gasteiger partial charge in [0.2, 0.25) is 5.91 Å². The van der Waals surface area contributed by atoms with E-state index in [9.17, 15) is 4.79 Å². The lowest BCUT2D eigenvalue weighted by Crippen LogP contribution is -2.39. The molecule has 0 saturated heterocycles. The molecule has 0 saturated carbocycles. The molecule has 1 amide bonds. The third-order valence-electron chi connectivity index (χ3n) is 2.46. The van der Waals surface area contributed by atoms with Crippen LogP contribution >= 0.6 is 24.0 Å². The third kappa shape index (κ3) is 4.54. The van der Waals surface area contributed by atoms with Crippen molar-refractivity contribution in [1.29, 1.82) is 0 Å². The van der Waals surface area contributed by atoms with Crippen molar-refractivity contribution in [2.75, 3.05) is 5.32 Å². The van der Waals surface area contributed by atoms with E-state index in [1.54, 1.807) is 6.07 Å². The van der Waals surface area contributed by atoms with Gasteiger partial charge in [-0.3, -0.25) is 4.79 Å². The average molecular weight is 277 g/mol. The Balaban J connectivity index is 0.00000256. The molecule has 0 spiro atoms. The predicted octanol–water partition coefficient (Wildman–Crippen LogP) is 2.99. The highest BCUT2D eigenvalue weighted by atomic mass is 35.5. The fourth-order valence-corrected chi connectivity index (χ4v) is 1.38. The zero-order chi connectivity index (χ0) is 12.3. The summed E-state index contributed by atoms with van der Waals surface area (Å²) in [5.41, 5.74) is 7.39. The number of halogens is 2. The Morgan fingerprint density at radius 1 is 1.41 bits per heavy atom. The molecule has 5 heteroatoms. The van der Waals surface area contributed by atoms with Crippen LogP contribution in [0.1, 0.15) is 19.4 Å². The summed E-state index contributed by atoms with van der Waals surface area (Å²) in [5.74, 6) is -0.0733. The molecule has 0 aliphatic rings. The quantitative estimate of drug-likeness (QED) is 0.892. The van der Waals surface area contributed by atoms with E-state index in [0.29, 0.717) is 10.7 Å². The number of carbonyl (C=O) groups excluding carboxylic acids is 1. The van der Waals surface area contributed by atoms with Crippen molar-refractivity contribution in [3.8, 4) is 0 Å². The van der Waals surface area contributed by atoms with Gasteiger partial charge in [-0.2, -0.15) is 0 Å². The van der Waals surface area contributed by atoms with E-state index in [0.717, 1.165) is 5.56 Å². The number of hydrogen-bond acceptors (Lipinski definition) is 2. The van der Waals surface area contributed by atoms with Crippen molar-refractivity contribution >= 4 is 35.6 Å². The molecule has 96 valence electrons. The van der Waals surface area contributed by atoms with Gasteiger partial charge in [-0.1, -0.05) is 31.5 Å². The normalized spacial score (nSPS) is 11.9. The third-order valence-corrected chi connectivity index (χ3v) is 2.87. The summed E-state index contributed by atoms with van der Waals surface area (Å²) >= 11 is 5.96. The molecule has 0 fully saturated rings. The summed E-state index contributed by atoms with van der Waals surface area (Å²) in [5, 5.41) is 3.38. The second-order valence-electron chi connectivity index (χ2n) is 4.22. The van der Waals surface area contributed by atoms with Crippen LogP contribution in [0.25, 0.3) is 0 Å². The molecular formula is C12H18Cl2N2O. The highest BCUT2D eigenvalue weighted by molar-refractivity contribution is 6.31. The van der Waals surface area contributed by atoms with Gasteiger partial charge in [-0.05, 0) is 30.5 Å². The number of amides is 1. The lowest BCUT2D eigenvalue weighted by molar-refractivity contribution is -0.118. The minimum absolute atomic E-state index is 0. The van der Waals surface area contributed by atoms with Gasteiger partial charge in [0.1, 0.15) is 0 Å². The zero-order valence-corrected chi connectivity index (χ0v) is 11.7. The smallest absolute Gasteiger partial charge is 0.241 e. The molecule has 0 aliphatic heterocycles. The van der Waals surface area contributed by atoms with Crippen LogP contribution in [0.4, 0.5) is 5.69 Å². The van der Waals surface area contributed by atoms with Gasteiger partial charge < -0.3 is 11.1 Å². The van der Waals surface area contributed by atoms with Crippen LogP contribution in [0.15, 0.2) is 18.2 Å². The molecule has 1 aromatic rings. The summed E-state index contributed by atoms with van der Waals surface area (Å²) in [4.78, 5) is 11.7. The Labute approximate surface area is 113 Å². The first-order valence-corrected chi connectivity index (χ1v) is 5.62. The minimum atomic E-state index is -0.500. The van der Waals surface area contributed by atoms with E-state index < -0.39 is 6.04 Å². The molecule has 0 radical (unpaired) electrons. The molecule has 1 aromatic carbocycles. The standard InChI is InChI=1S/C12H17ClN2O.ClH/c1-7(2)11(14)12(16)15-9-5-4-8(3)10(13)6-9;/h4-7,11H,14H2,1-3H3,(H,15,16);1H. The largest absolute Gasteiger partial charge is 0.325 e. The summed E-state index contributed by atoms with van der Waals surface area (Å²) in [6.45, 7) is 5.73. The van der Waals surface area contributed by atoms with E-state index >= 15 is 0 Å². The topological polar surface area (TPSA) is 55.1 Å². The SMILES string of the molecule is Cc1ccc(NC(=O)C(N)C(C)C)cc1Cl.Cl. The van der Waals surface area contributed by atoms with Crippen LogP contribution in [0.2, 0.25) is 5.02 Å². The Morgan fingerprint density at radius 2 is 2.00 bits per heavy atom. The van der Waals surface area contributed by atoms with Crippen molar-refractivity contribution in [2.45, 2.75) is 26.8 Å². The molecule has 17 heavy (non-hydrogen) atoms. The van der Waals surface area contributed by atoms with E-state index in [2.05, 4.69) is 5.32 Å². The van der Waals surface area contributed by atoms with Gasteiger partial charge >= 0.3 is 0 Å².